The summed E-state index contributed by atoms with van der Waals surface area (Å²) in [6, 6.07) is 3.83. The molecule has 1 aliphatic heterocycles. The highest BCUT2D eigenvalue weighted by molar-refractivity contribution is 7.09. The molecule has 0 bridgehead atoms. The van der Waals surface area contributed by atoms with Crippen LogP contribution in [0.15, 0.2) is 27.6 Å². The molecule has 1 aliphatic rings. The first-order valence-corrected chi connectivity index (χ1v) is 9.28. The van der Waals surface area contributed by atoms with E-state index in [2.05, 4.69) is 6.92 Å². The molecular formula is C18H24N2O3S. The lowest BCUT2D eigenvalue weighted by Crippen LogP contribution is -2.41. The average Bonchev–Trinajstić information content (AvgIpc) is 3.15. The van der Waals surface area contributed by atoms with E-state index >= 15 is 0 Å². The zero-order valence-electron chi connectivity index (χ0n) is 14.4. The van der Waals surface area contributed by atoms with Crippen molar-refractivity contribution in [1.29, 1.82) is 0 Å². The van der Waals surface area contributed by atoms with Crippen molar-refractivity contribution in [3.63, 3.8) is 0 Å². The van der Waals surface area contributed by atoms with Gasteiger partial charge in [-0.15, -0.1) is 0 Å². The second kappa shape index (κ2) is 6.97. The fourth-order valence-electron chi connectivity index (χ4n) is 3.39. The molecule has 0 N–H and O–H groups in total. The minimum Gasteiger partial charge on any atom is -0.467 e. The molecule has 0 aliphatic carbocycles. The summed E-state index contributed by atoms with van der Waals surface area (Å²) in [4.78, 5) is 27.7. The first-order valence-electron chi connectivity index (χ1n) is 8.47. The van der Waals surface area contributed by atoms with Crippen LogP contribution in [0.4, 0.5) is 0 Å². The Labute approximate surface area is 145 Å². The molecule has 1 amide bonds. The van der Waals surface area contributed by atoms with Gasteiger partial charge in [-0.1, -0.05) is 18.3 Å². The summed E-state index contributed by atoms with van der Waals surface area (Å²) in [5.41, 5.74) is 0.965. The van der Waals surface area contributed by atoms with E-state index in [0.29, 0.717) is 18.9 Å². The zero-order valence-corrected chi connectivity index (χ0v) is 15.3. The monoisotopic (exact) mass is 348 g/mol. The number of carbonyl (C=O) groups is 1. The average molecular weight is 348 g/mol. The molecule has 0 radical (unpaired) electrons. The number of likely N-dealkylation sites (tertiary alicyclic amines) is 1. The molecule has 1 fully saturated rings. The molecule has 1 saturated heterocycles. The fourth-order valence-corrected chi connectivity index (χ4v) is 4.25. The lowest BCUT2D eigenvalue weighted by atomic mass is 9.91. The Balaban J connectivity index is 1.72. The normalized spacial score (nSPS) is 21.2. The van der Waals surface area contributed by atoms with Crippen molar-refractivity contribution in [1.82, 2.24) is 9.47 Å². The molecule has 2 aromatic heterocycles. The Morgan fingerprint density at radius 3 is 2.83 bits per heavy atom. The molecule has 2 atom stereocenters. The Morgan fingerprint density at radius 1 is 1.42 bits per heavy atom. The number of furan rings is 1. The number of nitrogens with zero attached hydrogens (tertiary/aromatic N) is 2. The van der Waals surface area contributed by atoms with Crippen molar-refractivity contribution in [2.24, 2.45) is 5.92 Å². The van der Waals surface area contributed by atoms with Crippen LogP contribution in [0.25, 0.3) is 0 Å². The molecule has 0 saturated carbocycles. The van der Waals surface area contributed by atoms with Gasteiger partial charge in [-0.3, -0.25) is 9.59 Å². The molecule has 3 heterocycles. The van der Waals surface area contributed by atoms with Gasteiger partial charge >= 0.3 is 4.87 Å². The second-order valence-corrected chi connectivity index (χ2v) is 7.82. The van der Waals surface area contributed by atoms with Crippen molar-refractivity contribution in [3.8, 4) is 0 Å². The van der Waals surface area contributed by atoms with Crippen molar-refractivity contribution in [2.75, 3.05) is 6.54 Å². The summed E-state index contributed by atoms with van der Waals surface area (Å²) < 4.78 is 7.27. The Hall–Kier alpha value is -1.82. The Morgan fingerprint density at radius 2 is 2.21 bits per heavy atom. The van der Waals surface area contributed by atoms with Gasteiger partial charge in [0.2, 0.25) is 5.91 Å². The van der Waals surface area contributed by atoms with Gasteiger partial charge in [0.1, 0.15) is 5.76 Å². The molecule has 5 nitrogen and oxygen atoms in total. The summed E-state index contributed by atoms with van der Waals surface area (Å²) >= 11 is 1.25. The summed E-state index contributed by atoms with van der Waals surface area (Å²) in [5.74, 6) is 1.53. The van der Waals surface area contributed by atoms with Gasteiger partial charge in [-0.05, 0) is 44.7 Å². The minimum atomic E-state index is 0.0123. The van der Waals surface area contributed by atoms with Crippen LogP contribution < -0.4 is 4.87 Å². The quantitative estimate of drug-likeness (QED) is 0.849. The van der Waals surface area contributed by atoms with E-state index in [-0.39, 0.29) is 16.8 Å². The molecule has 0 aromatic carbocycles. The van der Waals surface area contributed by atoms with E-state index in [4.69, 9.17) is 4.42 Å². The van der Waals surface area contributed by atoms with Crippen molar-refractivity contribution in [2.45, 2.75) is 52.6 Å². The lowest BCUT2D eigenvalue weighted by molar-refractivity contribution is -0.136. The van der Waals surface area contributed by atoms with Gasteiger partial charge < -0.3 is 13.9 Å². The van der Waals surface area contributed by atoms with Crippen LogP contribution in [0.3, 0.4) is 0 Å². The predicted octanol–water partition coefficient (Wildman–Crippen LogP) is 3.51. The van der Waals surface area contributed by atoms with Crippen LogP contribution in [0.2, 0.25) is 0 Å². The summed E-state index contributed by atoms with van der Waals surface area (Å²) in [6.45, 7) is 7.30. The first-order chi connectivity index (χ1) is 11.5. The second-order valence-electron chi connectivity index (χ2n) is 6.66. The van der Waals surface area contributed by atoms with Crippen LogP contribution in [0.5, 0.6) is 0 Å². The Bertz CT molecular complexity index is 760. The number of aryl methyl sites for hydroxylation is 1. The number of carbonyl (C=O) groups excluding carboxylic acids is 1. The number of hydrogen-bond acceptors (Lipinski definition) is 4. The number of piperidine rings is 1. The van der Waals surface area contributed by atoms with E-state index in [0.717, 1.165) is 35.7 Å². The van der Waals surface area contributed by atoms with Crippen LogP contribution >= 0.6 is 11.3 Å². The fraction of sp³-hybridized carbons (Fsp3) is 0.556. The molecular weight excluding hydrogens is 324 g/mol. The third kappa shape index (κ3) is 3.34. The maximum Gasteiger partial charge on any atom is 0.307 e. The predicted molar refractivity (Wildman–Crippen MR) is 94.2 cm³/mol. The largest absolute Gasteiger partial charge is 0.467 e. The molecule has 130 valence electrons. The highest BCUT2D eigenvalue weighted by Crippen LogP contribution is 2.34. The molecule has 0 spiro atoms. The van der Waals surface area contributed by atoms with Crippen LogP contribution in [-0.2, 0) is 11.3 Å². The number of rotatable bonds is 4. The lowest BCUT2D eigenvalue weighted by Gasteiger charge is -2.37. The van der Waals surface area contributed by atoms with Crippen LogP contribution in [0.1, 0.15) is 48.6 Å². The number of amides is 1. The van der Waals surface area contributed by atoms with Gasteiger partial charge in [0.25, 0.3) is 0 Å². The molecule has 2 aromatic rings. The summed E-state index contributed by atoms with van der Waals surface area (Å²) in [5, 5.41) is 0. The number of hydrogen-bond donors (Lipinski definition) is 0. The zero-order chi connectivity index (χ0) is 17.3. The maximum atomic E-state index is 12.8. The standard InChI is InChI=1S/C18H24N2O3S/c1-12-6-8-20(15(11-12)16-5-4-10-23-16)17(21)7-9-19-13(2)14(3)24-18(19)22/h4-5,10,12,15H,6-9,11H2,1-3H3/t12-,15-/m1/s1. The topological polar surface area (TPSA) is 55.5 Å². The Kier molecular flexibility index (Phi) is 4.94. The molecule has 24 heavy (non-hydrogen) atoms. The van der Waals surface area contributed by atoms with Gasteiger partial charge in [-0.2, -0.15) is 0 Å². The van der Waals surface area contributed by atoms with E-state index in [9.17, 15) is 9.59 Å². The first kappa shape index (κ1) is 17.0. The summed E-state index contributed by atoms with van der Waals surface area (Å²) in [6.07, 6.45) is 3.95. The van der Waals surface area contributed by atoms with Gasteiger partial charge in [0, 0.05) is 30.1 Å². The third-order valence-electron chi connectivity index (χ3n) is 4.98. The molecule has 0 unspecified atom stereocenters. The maximum absolute atomic E-state index is 12.8. The highest BCUT2D eigenvalue weighted by Gasteiger charge is 2.32. The molecule has 6 heteroatoms. The number of aromatic nitrogens is 1. The highest BCUT2D eigenvalue weighted by atomic mass is 32.1. The van der Waals surface area contributed by atoms with E-state index in [1.807, 2.05) is 30.9 Å². The van der Waals surface area contributed by atoms with Crippen molar-refractivity contribution in [3.05, 3.63) is 44.4 Å². The van der Waals surface area contributed by atoms with Crippen LogP contribution in [0, 0.1) is 19.8 Å². The minimum absolute atomic E-state index is 0.0123. The van der Waals surface area contributed by atoms with Gasteiger partial charge in [-0.25, -0.2) is 0 Å². The van der Waals surface area contributed by atoms with E-state index in [1.165, 1.54) is 11.3 Å². The number of thiazole rings is 1. The van der Waals surface area contributed by atoms with Crippen molar-refractivity contribution < 1.29 is 9.21 Å². The van der Waals surface area contributed by atoms with E-state index < -0.39 is 0 Å². The van der Waals surface area contributed by atoms with Gasteiger partial charge in [0.05, 0.1) is 12.3 Å². The van der Waals surface area contributed by atoms with Crippen molar-refractivity contribution >= 4 is 17.2 Å². The SMILES string of the molecule is Cc1sc(=O)n(CCC(=O)N2CC[C@@H](C)C[C@@H]2c2ccco2)c1C. The third-order valence-corrected chi connectivity index (χ3v) is 5.98. The van der Waals surface area contributed by atoms with Gasteiger partial charge in [0.15, 0.2) is 0 Å². The van der Waals surface area contributed by atoms with Crippen LogP contribution in [-0.4, -0.2) is 21.9 Å². The summed E-state index contributed by atoms with van der Waals surface area (Å²) in [7, 11) is 0. The smallest absolute Gasteiger partial charge is 0.307 e. The molecule has 3 rings (SSSR count). The van der Waals surface area contributed by atoms with E-state index in [1.54, 1.807) is 10.8 Å².